The minimum atomic E-state index is -3.21. The molecule has 0 unspecified atom stereocenters. The average molecular weight is 879 g/mol. The zero-order valence-electron chi connectivity index (χ0n) is 36.7. The fourth-order valence-electron chi connectivity index (χ4n) is 7.51. The van der Waals surface area contributed by atoms with Crippen molar-refractivity contribution in [3.8, 4) is 0 Å². The van der Waals surface area contributed by atoms with Gasteiger partial charge in [-0.3, -0.25) is 34.2 Å². The van der Waals surface area contributed by atoms with Crippen LogP contribution in [0.2, 0.25) is 0 Å². The van der Waals surface area contributed by atoms with Crippen LogP contribution in [0.3, 0.4) is 0 Å². The number of hydrogen-bond acceptors (Lipinski definition) is 17. The number of aliphatic carboxylic acids is 1. The van der Waals surface area contributed by atoms with Gasteiger partial charge in [-0.25, -0.2) is 17.8 Å². The van der Waals surface area contributed by atoms with Crippen LogP contribution >= 0.6 is 0 Å². The quantitative estimate of drug-likeness (QED) is 0.103. The maximum absolute atomic E-state index is 11.6. The molecule has 2 aromatic heterocycles. The number of sulfone groups is 1. The van der Waals surface area contributed by atoms with Crippen LogP contribution in [0.1, 0.15) is 44.6 Å². The second-order valence-corrected chi connectivity index (χ2v) is 18.8. The van der Waals surface area contributed by atoms with Crippen molar-refractivity contribution in [2.45, 2.75) is 83.2 Å². The Labute approximate surface area is 360 Å². The molecule has 61 heavy (non-hydrogen) atoms. The molecule has 0 bridgehead atoms. The second kappa shape index (κ2) is 25.0. The first-order chi connectivity index (χ1) is 28.9. The summed E-state index contributed by atoms with van der Waals surface area (Å²) in [4.78, 5) is 24.7. The number of hydrogen-bond donors (Lipinski definition) is 5. The third kappa shape index (κ3) is 19.6. The topological polar surface area (TPSA) is 233 Å². The van der Waals surface area contributed by atoms with Gasteiger partial charge in [-0.15, -0.1) is 10.2 Å². The summed E-state index contributed by atoms with van der Waals surface area (Å²) in [5.41, 5.74) is 2.56. The van der Waals surface area contributed by atoms with Crippen LogP contribution in [0.15, 0.2) is 41.6 Å². The molecule has 0 aliphatic carbocycles. The van der Waals surface area contributed by atoms with Crippen molar-refractivity contribution in [2.75, 3.05) is 111 Å². The SMILES string of the molecule is C[C@H](O)CN1CCN(Cc2cn(CC(=O)O)nn2)CCN(C[C@H](C)O)CC1.C[C@H](O)CN1CCN(Cc2cn(Cc3ccc(S(C)(=O)=O)cc3)nn2)CCN(C[C@H](C)O)CC1. The van der Waals surface area contributed by atoms with Gasteiger partial charge in [0.25, 0.3) is 0 Å². The van der Waals surface area contributed by atoms with Crippen LogP contribution < -0.4 is 0 Å². The summed E-state index contributed by atoms with van der Waals surface area (Å²) < 4.78 is 26.4. The lowest BCUT2D eigenvalue weighted by atomic mass is 10.2. The highest BCUT2D eigenvalue weighted by Gasteiger charge is 2.21. The zero-order chi connectivity index (χ0) is 44.5. The molecular formula is C40H70N12O8S. The highest BCUT2D eigenvalue weighted by atomic mass is 32.2. The normalized spacial score (nSPS) is 19.9. The molecule has 2 saturated heterocycles. The summed E-state index contributed by atoms with van der Waals surface area (Å²) in [6, 6.07) is 6.83. The third-order valence-electron chi connectivity index (χ3n) is 10.4. The number of aromatic nitrogens is 6. The van der Waals surface area contributed by atoms with Crippen molar-refractivity contribution in [1.29, 1.82) is 0 Å². The number of aliphatic hydroxyl groups excluding tert-OH is 4. The molecule has 2 aliphatic rings. The molecule has 0 spiro atoms. The summed E-state index contributed by atoms with van der Waals surface area (Å²) in [6.45, 7) is 21.4. The van der Waals surface area contributed by atoms with Crippen LogP contribution in [-0.4, -0.2) is 235 Å². The lowest BCUT2D eigenvalue weighted by Crippen LogP contribution is -2.41. The van der Waals surface area contributed by atoms with Crippen molar-refractivity contribution < 1.29 is 38.7 Å². The molecule has 4 heterocycles. The molecule has 2 fully saturated rings. The van der Waals surface area contributed by atoms with Gasteiger partial charge in [-0.1, -0.05) is 22.6 Å². The highest BCUT2D eigenvalue weighted by Crippen LogP contribution is 2.13. The molecule has 0 radical (unpaired) electrons. The van der Waals surface area contributed by atoms with Crippen molar-refractivity contribution >= 4 is 15.8 Å². The van der Waals surface area contributed by atoms with E-state index in [0.717, 1.165) is 95.5 Å². The van der Waals surface area contributed by atoms with Gasteiger partial charge in [0.2, 0.25) is 0 Å². The fraction of sp³-hybridized carbons (Fsp3) is 0.725. The van der Waals surface area contributed by atoms with E-state index in [1.165, 1.54) is 10.9 Å². The van der Waals surface area contributed by atoms with Crippen LogP contribution in [0.5, 0.6) is 0 Å². The molecule has 2 aliphatic heterocycles. The van der Waals surface area contributed by atoms with Crippen LogP contribution in [-0.2, 0) is 40.8 Å². The molecule has 20 nitrogen and oxygen atoms in total. The molecule has 4 atom stereocenters. The number of aliphatic hydroxyl groups is 4. The Morgan fingerprint density at radius 3 is 1.21 bits per heavy atom. The Bertz CT molecular complexity index is 1780. The largest absolute Gasteiger partial charge is 0.480 e. The van der Waals surface area contributed by atoms with E-state index in [9.17, 15) is 33.6 Å². The Hall–Kier alpha value is -3.48. The van der Waals surface area contributed by atoms with Gasteiger partial charge in [-0.05, 0) is 45.4 Å². The van der Waals surface area contributed by atoms with E-state index in [1.807, 2.05) is 20.0 Å². The zero-order valence-corrected chi connectivity index (χ0v) is 37.5. The van der Waals surface area contributed by atoms with Crippen molar-refractivity contribution in [3.63, 3.8) is 0 Å². The van der Waals surface area contributed by atoms with E-state index in [-0.39, 0.29) is 31.0 Å². The van der Waals surface area contributed by atoms with E-state index >= 15 is 0 Å². The summed E-state index contributed by atoms with van der Waals surface area (Å²) >= 11 is 0. The minimum absolute atomic E-state index is 0.197. The van der Waals surface area contributed by atoms with Crippen molar-refractivity contribution in [1.82, 2.24) is 59.4 Å². The summed E-state index contributed by atoms with van der Waals surface area (Å²) in [7, 11) is -3.21. The van der Waals surface area contributed by atoms with E-state index < -0.39 is 15.8 Å². The predicted molar refractivity (Wildman–Crippen MR) is 229 cm³/mol. The molecule has 5 N–H and O–H groups in total. The number of carboxylic acids is 1. The standard InChI is InChI=1S/C23H38N6O4S.C17H32N6O4/c1-19(30)14-26-8-9-27(15-20(2)31)11-13-28(12-10-26)17-22-18-29(25-24-22)16-21-4-6-23(7-5-21)34(3,32)33;1-14(24)9-20-3-4-21(10-15(2)25)6-8-22(7-5-20)11-16-12-23(19-18-16)13-17(26)27/h4-7,18-20,30-31H,8-17H2,1-3H3;12,14-15,24-25H,3-11,13H2,1-2H3,(H,26,27)/t19-,20-;14-,15-/m00/s1. The molecule has 344 valence electrons. The molecule has 5 rings (SSSR count). The molecular weight excluding hydrogens is 809 g/mol. The number of β-amino-alcohol motifs (C(OH)–C–C–N with tert-alkyl or cyclic N) is 4. The number of rotatable bonds is 17. The number of nitrogens with zero attached hydrogens (tertiary/aromatic N) is 12. The maximum Gasteiger partial charge on any atom is 0.325 e. The second-order valence-electron chi connectivity index (χ2n) is 16.8. The van der Waals surface area contributed by atoms with E-state index in [1.54, 1.807) is 49.0 Å². The van der Waals surface area contributed by atoms with Crippen LogP contribution in [0.4, 0.5) is 0 Å². The van der Waals surface area contributed by atoms with E-state index in [4.69, 9.17) is 5.11 Å². The first-order valence-corrected chi connectivity index (χ1v) is 23.1. The first kappa shape index (κ1) is 50.2. The lowest BCUT2D eigenvalue weighted by Gasteiger charge is -2.27. The monoisotopic (exact) mass is 879 g/mol. The summed E-state index contributed by atoms with van der Waals surface area (Å²) in [6.07, 6.45) is 3.25. The first-order valence-electron chi connectivity index (χ1n) is 21.2. The lowest BCUT2D eigenvalue weighted by molar-refractivity contribution is -0.137. The van der Waals surface area contributed by atoms with E-state index in [0.29, 0.717) is 50.7 Å². The van der Waals surface area contributed by atoms with Gasteiger partial charge >= 0.3 is 5.97 Å². The van der Waals surface area contributed by atoms with Gasteiger partial charge in [-0.2, -0.15) is 0 Å². The highest BCUT2D eigenvalue weighted by molar-refractivity contribution is 7.90. The molecule has 3 aromatic rings. The average Bonchev–Trinajstić information content (AvgIpc) is 3.83. The van der Waals surface area contributed by atoms with Crippen LogP contribution in [0.25, 0.3) is 0 Å². The van der Waals surface area contributed by atoms with Crippen LogP contribution in [0, 0.1) is 0 Å². The molecule has 1 aromatic carbocycles. The van der Waals surface area contributed by atoms with E-state index in [2.05, 4.69) is 50.0 Å². The summed E-state index contributed by atoms with van der Waals surface area (Å²) in [5, 5.41) is 64.6. The fourth-order valence-corrected chi connectivity index (χ4v) is 8.14. The Morgan fingerprint density at radius 1 is 0.557 bits per heavy atom. The molecule has 0 amide bonds. The number of carbonyl (C=O) groups is 1. The molecule has 21 heteroatoms. The van der Waals surface area contributed by atoms with Gasteiger partial charge in [0.05, 0.1) is 59.6 Å². The maximum atomic E-state index is 11.6. The predicted octanol–water partition coefficient (Wildman–Crippen LogP) is -1.54. The van der Waals surface area contributed by atoms with Gasteiger partial charge in [0.15, 0.2) is 9.84 Å². The third-order valence-corrected chi connectivity index (χ3v) is 11.5. The molecule has 0 saturated carbocycles. The Kier molecular flexibility index (Phi) is 20.5. The Morgan fingerprint density at radius 2 is 0.885 bits per heavy atom. The Balaban J connectivity index is 0.000000276. The van der Waals surface area contributed by atoms with Crippen molar-refractivity contribution in [3.05, 3.63) is 53.6 Å². The minimum Gasteiger partial charge on any atom is -0.480 e. The van der Waals surface area contributed by atoms with Crippen molar-refractivity contribution in [2.24, 2.45) is 0 Å². The van der Waals surface area contributed by atoms with Gasteiger partial charge in [0, 0.05) is 124 Å². The number of carboxylic acid groups (broad SMARTS) is 1. The smallest absolute Gasteiger partial charge is 0.325 e. The van der Waals surface area contributed by atoms with Gasteiger partial charge in [0.1, 0.15) is 6.54 Å². The summed E-state index contributed by atoms with van der Waals surface area (Å²) in [5.74, 6) is -0.947. The number of benzene rings is 1. The van der Waals surface area contributed by atoms with Gasteiger partial charge < -0.3 is 25.5 Å².